The molecule has 1 N–H and O–H groups in total. The Hall–Kier alpha value is -3.72. The van der Waals surface area contributed by atoms with Gasteiger partial charge in [0, 0.05) is 18.2 Å². The van der Waals surface area contributed by atoms with Crippen molar-refractivity contribution >= 4 is 21.6 Å². The van der Waals surface area contributed by atoms with Gasteiger partial charge in [0.15, 0.2) is 0 Å². The summed E-state index contributed by atoms with van der Waals surface area (Å²) in [5, 5.41) is 2.94. The SMILES string of the molecule is COc1ccc(S(=O)(=O)N(C)c2ccc(C(=O)N[C@@H](C)c3cc(OC)ccc3OC)cc2)cc1. The molecule has 9 heteroatoms. The van der Waals surface area contributed by atoms with Crippen LogP contribution in [0.15, 0.2) is 71.6 Å². The Morgan fingerprint density at radius 2 is 1.44 bits per heavy atom. The summed E-state index contributed by atoms with van der Waals surface area (Å²) in [5.74, 6) is 1.55. The second kappa shape index (κ2) is 10.5. The molecular weight excluding hydrogens is 456 g/mol. The highest BCUT2D eigenvalue weighted by Crippen LogP contribution is 2.30. The van der Waals surface area contributed by atoms with Crippen LogP contribution in [0.25, 0.3) is 0 Å². The minimum atomic E-state index is -3.77. The van der Waals surface area contributed by atoms with Crippen molar-refractivity contribution in [3.05, 3.63) is 77.9 Å². The van der Waals surface area contributed by atoms with Crippen LogP contribution >= 0.6 is 0 Å². The molecule has 8 nitrogen and oxygen atoms in total. The molecule has 0 saturated heterocycles. The van der Waals surface area contributed by atoms with E-state index in [4.69, 9.17) is 14.2 Å². The maximum Gasteiger partial charge on any atom is 0.264 e. The van der Waals surface area contributed by atoms with Gasteiger partial charge in [-0.1, -0.05) is 0 Å². The standard InChI is InChI=1S/C25H28N2O6S/c1-17(23-16-21(32-4)12-15-24(23)33-5)26-25(28)18-6-8-19(9-7-18)27(2)34(29,30)22-13-10-20(31-3)11-14-22/h6-17H,1-5H3,(H,26,28)/t17-/m0/s1. The molecular formula is C25H28N2O6S. The smallest absolute Gasteiger partial charge is 0.264 e. The molecule has 0 bridgehead atoms. The first-order chi connectivity index (χ1) is 16.2. The zero-order valence-corrected chi connectivity index (χ0v) is 20.5. The Morgan fingerprint density at radius 3 is 2.00 bits per heavy atom. The van der Waals surface area contributed by atoms with Crippen LogP contribution in [0.3, 0.4) is 0 Å². The number of benzene rings is 3. The number of nitrogens with one attached hydrogen (secondary N) is 1. The van der Waals surface area contributed by atoms with Gasteiger partial charge in [-0.25, -0.2) is 8.42 Å². The highest BCUT2D eigenvalue weighted by molar-refractivity contribution is 7.92. The molecule has 0 aliphatic carbocycles. The van der Waals surface area contributed by atoms with Crippen LogP contribution in [0.5, 0.6) is 17.2 Å². The molecule has 34 heavy (non-hydrogen) atoms. The lowest BCUT2D eigenvalue weighted by atomic mass is 10.1. The van der Waals surface area contributed by atoms with Gasteiger partial charge >= 0.3 is 0 Å². The first-order valence-electron chi connectivity index (χ1n) is 10.5. The van der Waals surface area contributed by atoms with Crippen LogP contribution in [0, 0.1) is 0 Å². The lowest BCUT2D eigenvalue weighted by molar-refractivity contribution is 0.0939. The predicted molar refractivity (Wildman–Crippen MR) is 130 cm³/mol. The second-order valence-electron chi connectivity index (χ2n) is 7.50. The van der Waals surface area contributed by atoms with Crippen molar-refractivity contribution < 1.29 is 27.4 Å². The fourth-order valence-corrected chi connectivity index (χ4v) is 4.60. The van der Waals surface area contributed by atoms with Gasteiger partial charge in [-0.15, -0.1) is 0 Å². The first kappa shape index (κ1) is 24.9. The highest BCUT2D eigenvalue weighted by atomic mass is 32.2. The number of carbonyl (C=O) groups excluding carboxylic acids is 1. The maximum absolute atomic E-state index is 12.9. The highest BCUT2D eigenvalue weighted by Gasteiger charge is 2.22. The van der Waals surface area contributed by atoms with E-state index in [-0.39, 0.29) is 16.8 Å². The number of nitrogens with zero attached hydrogens (tertiary/aromatic N) is 1. The van der Waals surface area contributed by atoms with Crippen LogP contribution < -0.4 is 23.8 Å². The van der Waals surface area contributed by atoms with Crippen molar-refractivity contribution in [1.82, 2.24) is 5.32 Å². The molecule has 0 heterocycles. The molecule has 0 radical (unpaired) electrons. The van der Waals surface area contributed by atoms with Crippen molar-refractivity contribution in [2.45, 2.75) is 17.9 Å². The molecule has 0 aliphatic heterocycles. The second-order valence-corrected chi connectivity index (χ2v) is 9.47. The Labute approximate surface area is 200 Å². The van der Waals surface area contributed by atoms with Crippen LogP contribution in [-0.4, -0.2) is 42.7 Å². The topological polar surface area (TPSA) is 94.2 Å². The van der Waals surface area contributed by atoms with Crippen molar-refractivity contribution in [2.75, 3.05) is 32.7 Å². The van der Waals surface area contributed by atoms with Crippen molar-refractivity contribution in [1.29, 1.82) is 0 Å². The molecule has 0 unspecified atom stereocenters. The molecule has 0 fully saturated rings. The van der Waals surface area contributed by atoms with Crippen LogP contribution in [-0.2, 0) is 10.0 Å². The molecule has 180 valence electrons. The van der Waals surface area contributed by atoms with Crippen molar-refractivity contribution in [3.63, 3.8) is 0 Å². The van der Waals surface area contributed by atoms with Gasteiger partial charge in [0.2, 0.25) is 0 Å². The third-order valence-corrected chi connectivity index (χ3v) is 7.26. The average Bonchev–Trinajstić information content (AvgIpc) is 2.87. The number of anilines is 1. The molecule has 0 saturated carbocycles. The predicted octanol–water partition coefficient (Wildman–Crippen LogP) is 4.03. The maximum atomic E-state index is 12.9. The van der Waals surface area contributed by atoms with Gasteiger partial charge in [-0.2, -0.15) is 0 Å². The summed E-state index contributed by atoms with van der Waals surface area (Å²) in [6.45, 7) is 1.85. The number of methoxy groups -OCH3 is 3. The Balaban J connectivity index is 1.75. The Morgan fingerprint density at radius 1 is 0.853 bits per heavy atom. The van der Waals surface area contributed by atoms with Crippen LogP contribution in [0.2, 0.25) is 0 Å². The van der Waals surface area contributed by atoms with Crippen molar-refractivity contribution in [3.8, 4) is 17.2 Å². The zero-order valence-electron chi connectivity index (χ0n) is 19.7. The van der Waals surface area contributed by atoms with E-state index in [0.29, 0.717) is 28.5 Å². The molecule has 3 rings (SSSR count). The largest absolute Gasteiger partial charge is 0.497 e. The summed E-state index contributed by atoms with van der Waals surface area (Å²) in [6, 6.07) is 17.5. The third-order valence-electron chi connectivity index (χ3n) is 5.46. The van der Waals surface area contributed by atoms with E-state index in [1.807, 2.05) is 13.0 Å². The normalized spacial score (nSPS) is 11.9. The first-order valence-corrected chi connectivity index (χ1v) is 11.9. The van der Waals surface area contributed by atoms with Gasteiger partial charge < -0.3 is 19.5 Å². The number of hydrogen-bond acceptors (Lipinski definition) is 6. The van der Waals surface area contributed by atoms with E-state index in [1.54, 1.807) is 62.8 Å². The third kappa shape index (κ3) is 5.26. The van der Waals surface area contributed by atoms with E-state index in [1.165, 1.54) is 30.6 Å². The monoisotopic (exact) mass is 484 g/mol. The molecule has 3 aromatic rings. The number of amides is 1. The molecule has 3 aromatic carbocycles. The van der Waals surface area contributed by atoms with Gasteiger partial charge in [0.25, 0.3) is 15.9 Å². The Bertz CT molecular complexity index is 1240. The van der Waals surface area contributed by atoms with E-state index >= 15 is 0 Å². The minimum absolute atomic E-state index is 0.138. The summed E-state index contributed by atoms with van der Waals surface area (Å²) >= 11 is 0. The number of carbonyl (C=O) groups is 1. The van der Waals surface area contributed by atoms with Gasteiger partial charge in [0.1, 0.15) is 17.2 Å². The summed E-state index contributed by atoms with van der Waals surface area (Å²) in [5.41, 5.74) is 1.60. The van der Waals surface area contributed by atoms with Crippen LogP contribution in [0.4, 0.5) is 5.69 Å². The summed E-state index contributed by atoms with van der Waals surface area (Å²) in [6.07, 6.45) is 0. The summed E-state index contributed by atoms with van der Waals surface area (Å²) in [4.78, 5) is 13.0. The lowest BCUT2D eigenvalue weighted by Gasteiger charge is -2.20. The fourth-order valence-electron chi connectivity index (χ4n) is 3.40. The zero-order chi connectivity index (χ0) is 24.9. The van der Waals surface area contributed by atoms with E-state index in [0.717, 1.165) is 5.56 Å². The number of rotatable bonds is 9. The molecule has 0 aromatic heterocycles. The fraction of sp³-hybridized carbons (Fsp3) is 0.240. The summed E-state index contributed by atoms with van der Waals surface area (Å²) < 4.78 is 42.8. The number of ether oxygens (including phenoxy) is 3. The minimum Gasteiger partial charge on any atom is -0.497 e. The average molecular weight is 485 g/mol. The number of sulfonamides is 1. The van der Waals surface area contributed by atoms with Gasteiger partial charge in [-0.05, 0) is 73.7 Å². The molecule has 1 amide bonds. The number of hydrogen-bond donors (Lipinski definition) is 1. The van der Waals surface area contributed by atoms with E-state index in [2.05, 4.69) is 5.32 Å². The quantitative estimate of drug-likeness (QED) is 0.493. The van der Waals surface area contributed by atoms with E-state index in [9.17, 15) is 13.2 Å². The Kier molecular flexibility index (Phi) is 7.68. The van der Waals surface area contributed by atoms with Gasteiger partial charge in [-0.3, -0.25) is 9.10 Å². The molecule has 0 aliphatic rings. The molecule has 1 atom stereocenters. The van der Waals surface area contributed by atoms with Crippen molar-refractivity contribution in [2.24, 2.45) is 0 Å². The van der Waals surface area contributed by atoms with E-state index < -0.39 is 10.0 Å². The molecule has 0 spiro atoms. The van der Waals surface area contributed by atoms with Gasteiger partial charge in [0.05, 0.1) is 38.0 Å². The summed E-state index contributed by atoms with van der Waals surface area (Å²) in [7, 11) is 2.35. The lowest BCUT2D eigenvalue weighted by Crippen LogP contribution is -2.28. The van der Waals surface area contributed by atoms with Crippen LogP contribution in [0.1, 0.15) is 28.9 Å².